The Morgan fingerprint density at radius 1 is 1.57 bits per heavy atom. The van der Waals surface area contributed by atoms with Crippen LogP contribution in [0.3, 0.4) is 0 Å². The van der Waals surface area contributed by atoms with Crippen molar-refractivity contribution in [1.29, 1.82) is 0 Å². The Morgan fingerprint density at radius 3 is 3.07 bits per heavy atom. The van der Waals surface area contributed by atoms with Gasteiger partial charge in [0.25, 0.3) is 0 Å². The van der Waals surface area contributed by atoms with Gasteiger partial charge in [0.05, 0.1) is 6.54 Å². The predicted octanol–water partition coefficient (Wildman–Crippen LogP) is 1.39. The van der Waals surface area contributed by atoms with E-state index < -0.39 is 0 Å². The number of fused-ring (bicyclic) bond motifs is 1. The molecule has 0 saturated carbocycles. The van der Waals surface area contributed by atoms with E-state index in [2.05, 4.69) is 4.98 Å². The molecule has 4 nitrogen and oxygen atoms in total. The minimum absolute atomic E-state index is 0.517. The van der Waals surface area contributed by atoms with Gasteiger partial charge in [0, 0.05) is 31.9 Å². The molecule has 0 amide bonds. The monoisotopic (exact) mass is 191 g/mol. The number of hydroxylamine groups is 2. The van der Waals surface area contributed by atoms with E-state index >= 15 is 0 Å². The molecule has 0 aliphatic rings. The van der Waals surface area contributed by atoms with Gasteiger partial charge in [-0.1, -0.05) is 0 Å². The second kappa shape index (κ2) is 3.40. The molecule has 1 N–H and O–H groups in total. The molecule has 14 heavy (non-hydrogen) atoms. The topological polar surface area (TPSA) is 41.3 Å². The molecular formula is C10H13N3O. The van der Waals surface area contributed by atoms with Crippen LogP contribution in [0.4, 0.5) is 0 Å². The van der Waals surface area contributed by atoms with Crippen molar-refractivity contribution in [1.82, 2.24) is 14.6 Å². The van der Waals surface area contributed by atoms with Crippen molar-refractivity contribution in [3.05, 3.63) is 30.1 Å². The van der Waals surface area contributed by atoms with Crippen molar-refractivity contribution < 1.29 is 5.21 Å². The summed E-state index contributed by atoms with van der Waals surface area (Å²) >= 11 is 0. The molecule has 2 aromatic rings. The minimum Gasteiger partial charge on any atom is -0.335 e. The molecule has 0 atom stereocenters. The normalized spacial score (nSPS) is 11.4. The van der Waals surface area contributed by atoms with Crippen LogP contribution in [0.2, 0.25) is 0 Å². The van der Waals surface area contributed by atoms with E-state index in [4.69, 9.17) is 0 Å². The minimum atomic E-state index is 0.517. The van der Waals surface area contributed by atoms with Gasteiger partial charge < -0.3 is 9.77 Å². The van der Waals surface area contributed by atoms with Crippen molar-refractivity contribution in [2.45, 2.75) is 6.54 Å². The molecule has 4 heteroatoms. The number of hydrogen-bond acceptors (Lipinski definition) is 3. The van der Waals surface area contributed by atoms with E-state index in [-0.39, 0.29) is 0 Å². The standard InChI is InChI=1S/C10H13N3O/c1-12-6-8(7-13(2)14)9-4-3-5-11-10(9)12/h3-6,14H,7H2,1-2H3. The fourth-order valence-corrected chi connectivity index (χ4v) is 1.67. The van der Waals surface area contributed by atoms with Crippen LogP contribution >= 0.6 is 0 Å². The first-order chi connectivity index (χ1) is 6.68. The molecule has 2 aromatic heterocycles. The number of aryl methyl sites for hydroxylation is 1. The maximum atomic E-state index is 9.18. The molecule has 0 aromatic carbocycles. The molecular weight excluding hydrogens is 178 g/mol. The maximum absolute atomic E-state index is 9.18. The highest BCUT2D eigenvalue weighted by Gasteiger charge is 2.07. The molecule has 74 valence electrons. The summed E-state index contributed by atoms with van der Waals surface area (Å²) < 4.78 is 1.97. The first-order valence-corrected chi connectivity index (χ1v) is 4.47. The quantitative estimate of drug-likeness (QED) is 0.729. The Kier molecular flexibility index (Phi) is 2.23. The Bertz CT molecular complexity index is 448. The van der Waals surface area contributed by atoms with Crippen LogP contribution in [0, 0.1) is 0 Å². The van der Waals surface area contributed by atoms with Gasteiger partial charge in [-0.05, 0) is 17.7 Å². The number of aromatic nitrogens is 2. The van der Waals surface area contributed by atoms with E-state index in [9.17, 15) is 5.21 Å². The van der Waals surface area contributed by atoms with E-state index in [1.807, 2.05) is 29.9 Å². The van der Waals surface area contributed by atoms with Crippen molar-refractivity contribution >= 4 is 11.0 Å². The SMILES string of the molecule is CN(O)Cc1cn(C)c2ncccc12. The van der Waals surface area contributed by atoms with Gasteiger partial charge >= 0.3 is 0 Å². The first-order valence-electron chi connectivity index (χ1n) is 4.47. The zero-order valence-corrected chi connectivity index (χ0v) is 8.31. The van der Waals surface area contributed by atoms with Crippen LogP contribution in [-0.2, 0) is 13.6 Å². The lowest BCUT2D eigenvalue weighted by atomic mass is 10.2. The Hall–Kier alpha value is -1.39. The van der Waals surface area contributed by atoms with E-state index in [1.165, 1.54) is 5.06 Å². The number of hydrogen-bond donors (Lipinski definition) is 1. The molecule has 0 unspecified atom stereocenters. The molecule has 0 aliphatic carbocycles. The highest BCUT2D eigenvalue weighted by Crippen LogP contribution is 2.18. The molecule has 0 aliphatic heterocycles. The fourth-order valence-electron chi connectivity index (χ4n) is 1.67. The van der Waals surface area contributed by atoms with Crippen LogP contribution in [0.1, 0.15) is 5.56 Å². The van der Waals surface area contributed by atoms with Gasteiger partial charge in [-0.3, -0.25) is 0 Å². The number of rotatable bonds is 2. The Labute approximate surface area is 82.4 Å². The third-order valence-corrected chi connectivity index (χ3v) is 2.22. The summed E-state index contributed by atoms with van der Waals surface area (Å²) in [7, 11) is 3.59. The highest BCUT2D eigenvalue weighted by molar-refractivity contribution is 5.80. The fraction of sp³-hybridized carbons (Fsp3) is 0.300. The third-order valence-electron chi connectivity index (χ3n) is 2.22. The highest BCUT2D eigenvalue weighted by atomic mass is 16.5. The largest absolute Gasteiger partial charge is 0.335 e. The van der Waals surface area contributed by atoms with Crippen LogP contribution in [0.25, 0.3) is 11.0 Å². The van der Waals surface area contributed by atoms with Gasteiger partial charge in [0.1, 0.15) is 5.65 Å². The van der Waals surface area contributed by atoms with Crippen molar-refractivity contribution in [3.63, 3.8) is 0 Å². The van der Waals surface area contributed by atoms with Gasteiger partial charge in [-0.15, -0.1) is 0 Å². The van der Waals surface area contributed by atoms with Crippen molar-refractivity contribution in [2.75, 3.05) is 7.05 Å². The Morgan fingerprint density at radius 2 is 2.36 bits per heavy atom. The van der Waals surface area contributed by atoms with Crippen LogP contribution in [0.5, 0.6) is 0 Å². The Balaban J connectivity index is 2.55. The number of nitrogens with zero attached hydrogens (tertiary/aromatic N) is 3. The third kappa shape index (κ3) is 1.49. The zero-order valence-electron chi connectivity index (χ0n) is 8.31. The summed E-state index contributed by atoms with van der Waals surface area (Å²) in [5.74, 6) is 0. The van der Waals surface area contributed by atoms with Crippen molar-refractivity contribution in [3.8, 4) is 0 Å². The van der Waals surface area contributed by atoms with Crippen LogP contribution in [0.15, 0.2) is 24.5 Å². The average molecular weight is 191 g/mol. The predicted molar refractivity (Wildman–Crippen MR) is 54.0 cm³/mol. The molecule has 0 radical (unpaired) electrons. The van der Waals surface area contributed by atoms with Gasteiger partial charge in [-0.2, -0.15) is 5.06 Å². The molecule has 0 saturated heterocycles. The van der Waals surface area contributed by atoms with Gasteiger partial charge in [0.15, 0.2) is 0 Å². The van der Waals surface area contributed by atoms with Gasteiger partial charge in [0.2, 0.25) is 0 Å². The van der Waals surface area contributed by atoms with E-state index in [1.54, 1.807) is 13.2 Å². The lowest BCUT2D eigenvalue weighted by Gasteiger charge is -2.05. The zero-order chi connectivity index (χ0) is 10.1. The maximum Gasteiger partial charge on any atom is 0.139 e. The smallest absolute Gasteiger partial charge is 0.139 e. The molecule has 0 bridgehead atoms. The molecule has 0 spiro atoms. The van der Waals surface area contributed by atoms with Crippen LogP contribution < -0.4 is 0 Å². The summed E-state index contributed by atoms with van der Waals surface area (Å²) in [5.41, 5.74) is 2.03. The lowest BCUT2D eigenvalue weighted by Crippen LogP contribution is -2.11. The van der Waals surface area contributed by atoms with E-state index in [0.29, 0.717) is 6.54 Å². The summed E-state index contributed by atoms with van der Waals surface area (Å²) in [6.07, 6.45) is 3.76. The molecule has 2 heterocycles. The summed E-state index contributed by atoms with van der Waals surface area (Å²) in [4.78, 5) is 4.27. The lowest BCUT2D eigenvalue weighted by molar-refractivity contribution is -0.0728. The number of pyridine rings is 1. The summed E-state index contributed by atoms with van der Waals surface area (Å²) in [6, 6.07) is 3.92. The van der Waals surface area contributed by atoms with E-state index in [0.717, 1.165) is 16.6 Å². The second-order valence-electron chi connectivity index (χ2n) is 3.46. The average Bonchev–Trinajstić information content (AvgIpc) is 2.44. The first kappa shape index (κ1) is 9.18. The van der Waals surface area contributed by atoms with Crippen LogP contribution in [-0.4, -0.2) is 26.9 Å². The molecule has 0 fully saturated rings. The second-order valence-corrected chi connectivity index (χ2v) is 3.46. The molecule has 2 rings (SSSR count). The summed E-state index contributed by atoms with van der Waals surface area (Å²) in [5, 5.41) is 11.4. The summed E-state index contributed by atoms with van der Waals surface area (Å²) in [6.45, 7) is 0.517. The van der Waals surface area contributed by atoms with Crippen molar-refractivity contribution in [2.24, 2.45) is 7.05 Å². The van der Waals surface area contributed by atoms with Gasteiger partial charge in [-0.25, -0.2) is 4.98 Å².